The molecule has 0 aliphatic carbocycles. The third kappa shape index (κ3) is 4.55. The molecule has 0 N–H and O–H groups in total. The van der Waals surface area contributed by atoms with E-state index in [1.807, 2.05) is 47.6 Å². The number of ether oxygens (including phenoxy) is 1. The van der Waals surface area contributed by atoms with Gasteiger partial charge in [-0.25, -0.2) is 9.50 Å². The van der Waals surface area contributed by atoms with Gasteiger partial charge in [0.2, 0.25) is 0 Å². The Morgan fingerprint density at radius 3 is 2.53 bits per heavy atom. The van der Waals surface area contributed by atoms with Crippen LogP contribution in [0, 0.1) is 6.92 Å². The quantitative estimate of drug-likeness (QED) is 0.357. The van der Waals surface area contributed by atoms with Gasteiger partial charge in [0.15, 0.2) is 5.65 Å². The van der Waals surface area contributed by atoms with Crippen molar-refractivity contribution in [3.05, 3.63) is 79.0 Å². The summed E-state index contributed by atoms with van der Waals surface area (Å²) in [6.07, 6.45) is 9.61. The number of rotatable bonds is 6. The minimum absolute atomic E-state index is 0.704. The minimum atomic E-state index is 0.704. The summed E-state index contributed by atoms with van der Waals surface area (Å²) < 4.78 is 7.84. The Morgan fingerprint density at radius 1 is 0.861 bits per heavy atom. The van der Waals surface area contributed by atoms with Crippen molar-refractivity contribution in [1.29, 1.82) is 0 Å². The van der Waals surface area contributed by atoms with E-state index in [1.54, 1.807) is 0 Å². The molecule has 0 bridgehead atoms. The average molecular weight is 479 g/mol. The normalized spacial score (nSPS) is 15.1. The van der Waals surface area contributed by atoms with E-state index in [-0.39, 0.29) is 0 Å². The smallest absolute Gasteiger partial charge is 0.162 e. The van der Waals surface area contributed by atoms with E-state index in [0.29, 0.717) is 6.61 Å². The molecule has 36 heavy (non-hydrogen) atoms. The lowest BCUT2D eigenvalue weighted by molar-refractivity contribution is 0.134. The van der Waals surface area contributed by atoms with Gasteiger partial charge in [-0.15, -0.1) is 0 Å². The second kappa shape index (κ2) is 9.68. The number of benzene rings is 2. The Morgan fingerprint density at radius 2 is 1.69 bits per heavy atom. The second-order valence-corrected chi connectivity index (χ2v) is 9.60. The van der Waals surface area contributed by atoms with Crippen LogP contribution in [0.15, 0.2) is 73.4 Å². The molecule has 0 radical (unpaired) electrons. The standard InChI is InChI=1S/C29H30N6O/c1-21-3-8-26-23(15-21)16-30-18-27(26)28-19-32-35-20-24(17-31-29(28)35)22-4-6-25(7-5-22)36-14-13-34-11-9-33(2)10-12-34/h3-8,15-20H,9-14H2,1-2H3. The van der Waals surface area contributed by atoms with Gasteiger partial charge in [-0.3, -0.25) is 9.88 Å². The maximum atomic E-state index is 6.00. The molecule has 1 saturated heterocycles. The lowest BCUT2D eigenvalue weighted by Gasteiger charge is -2.32. The highest BCUT2D eigenvalue weighted by molar-refractivity contribution is 5.99. The number of pyridine rings is 1. The van der Waals surface area contributed by atoms with Crippen LogP contribution >= 0.6 is 0 Å². The van der Waals surface area contributed by atoms with Gasteiger partial charge in [0, 0.05) is 79.6 Å². The predicted octanol–water partition coefficient (Wildman–Crippen LogP) is 4.55. The van der Waals surface area contributed by atoms with Crippen LogP contribution in [0.3, 0.4) is 0 Å². The fraction of sp³-hybridized carbons (Fsp3) is 0.276. The summed E-state index contributed by atoms with van der Waals surface area (Å²) in [5.74, 6) is 0.891. The molecule has 0 saturated carbocycles. The minimum Gasteiger partial charge on any atom is -0.492 e. The Hall–Kier alpha value is -3.81. The molecule has 1 aliphatic heterocycles. The molecular formula is C29H30N6O. The molecule has 3 aromatic heterocycles. The summed E-state index contributed by atoms with van der Waals surface area (Å²) >= 11 is 0. The van der Waals surface area contributed by atoms with Crippen molar-refractivity contribution in [3.8, 4) is 28.0 Å². The number of hydrogen-bond acceptors (Lipinski definition) is 6. The molecule has 1 fully saturated rings. The summed E-state index contributed by atoms with van der Waals surface area (Å²) in [5.41, 5.74) is 6.14. The van der Waals surface area contributed by atoms with Crippen molar-refractivity contribution in [2.24, 2.45) is 0 Å². The summed E-state index contributed by atoms with van der Waals surface area (Å²) in [6.45, 7) is 8.24. The zero-order valence-corrected chi connectivity index (χ0v) is 20.8. The zero-order valence-electron chi connectivity index (χ0n) is 20.8. The highest BCUT2D eigenvalue weighted by atomic mass is 16.5. The molecule has 0 unspecified atom stereocenters. The number of likely N-dealkylation sites (N-methyl/N-ethyl adjacent to an activating group) is 1. The monoisotopic (exact) mass is 478 g/mol. The number of piperazine rings is 1. The van der Waals surface area contributed by atoms with E-state index >= 15 is 0 Å². The van der Waals surface area contributed by atoms with Gasteiger partial charge in [-0.05, 0) is 43.1 Å². The van der Waals surface area contributed by atoms with Crippen LogP contribution in [0.4, 0.5) is 0 Å². The van der Waals surface area contributed by atoms with Crippen molar-refractivity contribution in [2.45, 2.75) is 6.92 Å². The molecule has 6 rings (SSSR count). The molecule has 7 heteroatoms. The van der Waals surface area contributed by atoms with Crippen molar-refractivity contribution >= 4 is 16.4 Å². The predicted molar refractivity (Wildman–Crippen MR) is 143 cm³/mol. The van der Waals surface area contributed by atoms with Gasteiger partial charge in [-0.2, -0.15) is 5.10 Å². The lowest BCUT2D eigenvalue weighted by atomic mass is 10.0. The fourth-order valence-corrected chi connectivity index (χ4v) is 4.83. The molecular weight excluding hydrogens is 448 g/mol. The van der Waals surface area contributed by atoms with E-state index in [0.717, 1.165) is 77.1 Å². The Labute approximate surface area is 211 Å². The number of hydrogen-bond donors (Lipinski definition) is 0. The molecule has 182 valence electrons. The first-order valence-electron chi connectivity index (χ1n) is 12.5. The van der Waals surface area contributed by atoms with Crippen LogP contribution < -0.4 is 4.74 Å². The molecule has 7 nitrogen and oxygen atoms in total. The summed E-state index contributed by atoms with van der Waals surface area (Å²) in [4.78, 5) is 14.1. The van der Waals surface area contributed by atoms with Crippen LogP contribution in [0.1, 0.15) is 5.56 Å². The number of nitrogens with zero attached hydrogens (tertiary/aromatic N) is 6. The zero-order chi connectivity index (χ0) is 24.5. The summed E-state index contributed by atoms with van der Waals surface area (Å²) in [5, 5.41) is 6.88. The first-order chi connectivity index (χ1) is 17.6. The fourth-order valence-electron chi connectivity index (χ4n) is 4.83. The van der Waals surface area contributed by atoms with Crippen LogP contribution in [0.2, 0.25) is 0 Å². The van der Waals surface area contributed by atoms with Crippen molar-refractivity contribution < 1.29 is 4.74 Å². The number of fused-ring (bicyclic) bond motifs is 2. The molecule has 2 aromatic carbocycles. The first kappa shape index (κ1) is 22.6. The summed E-state index contributed by atoms with van der Waals surface area (Å²) in [7, 11) is 2.18. The van der Waals surface area contributed by atoms with Gasteiger partial charge < -0.3 is 9.64 Å². The Kier molecular flexibility index (Phi) is 6.09. The van der Waals surface area contributed by atoms with Crippen LogP contribution in [-0.2, 0) is 0 Å². The molecule has 1 aliphatic rings. The van der Waals surface area contributed by atoms with E-state index in [2.05, 4.69) is 64.2 Å². The lowest BCUT2D eigenvalue weighted by Crippen LogP contribution is -2.45. The van der Waals surface area contributed by atoms with Crippen molar-refractivity contribution in [3.63, 3.8) is 0 Å². The van der Waals surface area contributed by atoms with Crippen molar-refractivity contribution in [2.75, 3.05) is 46.4 Å². The van der Waals surface area contributed by atoms with Gasteiger partial charge in [0.05, 0.1) is 6.20 Å². The third-order valence-corrected chi connectivity index (χ3v) is 7.02. The SMILES string of the molecule is Cc1ccc2c(-c3cnn4cc(-c5ccc(OCCN6CCN(C)CC6)cc5)cnc34)cncc2c1. The highest BCUT2D eigenvalue weighted by Gasteiger charge is 2.14. The third-order valence-electron chi connectivity index (χ3n) is 7.02. The maximum Gasteiger partial charge on any atom is 0.162 e. The summed E-state index contributed by atoms with van der Waals surface area (Å²) in [6, 6.07) is 14.6. The maximum absolute atomic E-state index is 6.00. The van der Waals surface area contributed by atoms with E-state index in [9.17, 15) is 0 Å². The van der Waals surface area contributed by atoms with E-state index in [1.165, 1.54) is 5.56 Å². The van der Waals surface area contributed by atoms with Gasteiger partial charge in [0.25, 0.3) is 0 Å². The van der Waals surface area contributed by atoms with Crippen LogP contribution in [-0.4, -0.2) is 75.8 Å². The van der Waals surface area contributed by atoms with Gasteiger partial charge in [-0.1, -0.05) is 29.8 Å². The molecule has 0 spiro atoms. The van der Waals surface area contributed by atoms with E-state index in [4.69, 9.17) is 9.72 Å². The van der Waals surface area contributed by atoms with E-state index < -0.39 is 0 Å². The van der Waals surface area contributed by atoms with Crippen molar-refractivity contribution in [1.82, 2.24) is 29.4 Å². The Bertz CT molecular complexity index is 1500. The Balaban J connectivity index is 1.18. The van der Waals surface area contributed by atoms with Gasteiger partial charge >= 0.3 is 0 Å². The molecule has 4 heterocycles. The van der Waals surface area contributed by atoms with Crippen LogP contribution in [0.25, 0.3) is 38.7 Å². The largest absolute Gasteiger partial charge is 0.492 e. The van der Waals surface area contributed by atoms with Gasteiger partial charge in [0.1, 0.15) is 12.4 Å². The number of aryl methyl sites for hydroxylation is 1. The second-order valence-electron chi connectivity index (χ2n) is 9.60. The first-order valence-corrected chi connectivity index (χ1v) is 12.5. The average Bonchev–Trinajstić information content (AvgIpc) is 3.33. The molecule has 0 atom stereocenters. The molecule has 0 amide bonds. The molecule has 5 aromatic rings. The highest BCUT2D eigenvalue weighted by Crippen LogP contribution is 2.31. The number of aromatic nitrogens is 4. The van der Waals surface area contributed by atoms with Crippen LogP contribution in [0.5, 0.6) is 5.75 Å². The topological polar surface area (TPSA) is 58.8 Å².